The lowest BCUT2D eigenvalue weighted by Gasteiger charge is -2.39. The quantitative estimate of drug-likeness (QED) is 0.837. The van der Waals surface area contributed by atoms with E-state index in [9.17, 15) is 8.42 Å². The van der Waals surface area contributed by atoms with E-state index >= 15 is 0 Å². The Morgan fingerprint density at radius 3 is 2.35 bits per heavy atom. The van der Waals surface area contributed by atoms with Gasteiger partial charge in [0.2, 0.25) is 0 Å². The molecule has 0 aliphatic heterocycles. The van der Waals surface area contributed by atoms with Gasteiger partial charge in [0.25, 0.3) is 0 Å². The summed E-state index contributed by atoms with van der Waals surface area (Å²) in [6.45, 7) is 3.30. The molecule has 0 unspecified atom stereocenters. The summed E-state index contributed by atoms with van der Waals surface area (Å²) in [7, 11) is -3.11. The molecule has 2 N–H and O–H groups in total. The van der Waals surface area contributed by atoms with Crippen molar-refractivity contribution in [1.29, 1.82) is 0 Å². The van der Waals surface area contributed by atoms with Crippen LogP contribution in [0.3, 0.4) is 0 Å². The number of rotatable bonds is 7. The first-order valence-corrected chi connectivity index (χ1v) is 9.03. The van der Waals surface area contributed by atoms with Crippen LogP contribution in [-0.2, 0) is 9.84 Å². The molecule has 0 amide bonds. The lowest BCUT2D eigenvalue weighted by atomic mass is 9.91. The predicted molar refractivity (Wildman–Crippen MR) is 82.8 cm³/mol. The summed E-state index contributed by atoms with van der Waals surface area (Å²) in [5, 5.41) is 0. The second-order valence-electron chi connectivity index (χ2n) is 5.32. The van der Waals surface area contributed by atoms with Crippen LogP contribution < -0.4 is 10.6 Å². The number of sulfone groups is 1. The van der Waals surface area contributed by atoms with Crippen molar-refractivity contribution < 1.29 is 8.42 Å². The lowest BCUT2D eigenvalue weighted by molar-refractivity contribution is 0.385. The highest BCUT2D eigenvalue weighted by Crippen LogP contribution is 2.30. The third kappa shape index (κ3) is 3.33. The van der Waals surface area contributed by atoms with Gasteiger partial charge in [0.15, 0.2) is 9.84 Å². The summed E-state index contributed by atoms with van der Waals surface area (Å²) in [6.07, 6.45) is 4.69. The molecule has 20 heavy (non-hydrogen) atoms. The van der Waals surface area contributed by atoms with Crippen LogP contribution in [0.1, 0.15) is 32.6 Å². The Bertz CT molecular complexity index is 521. The summed E-state index contributed by atoms with van der Waals surface area (Å²) < 4.78 is 23.7. The van der Waals surface area contributed by atoms with Crippen LogP contribution in [0.5, 0.6) is 0 Å². The van der Waals surface area contributed by atoms with Crippen molar-refractivity contribution in [1.82, 2.24) is 0 Å². The van der Waals surface area contributed by atoms with E-state index in [1.807, 2.05) is 12.1 Å². The fourth-order valence-electron chi connectivity index (χ4n) is 2.49. The number of benzene rings is 1. The van der Waals surface area contributed by atoms with Crippen LogP contribution >= 0.6 is 0 Å². The monoisotopic (exact) mass is 296 g/mol. The van der Waals surface area contributed by atoms with Gasteiger partial charge in [-0.15, -0.1) is 0 Å². The van der Waals surface area contributed by atoms with Crippen molar-refractivity contribution in [2.45, 2.75) is 43.5 Å². The van der Waals surface area contributed by atoms with Crippen molar-refractivity contribution in [2.75, 3.05) is 23.7 Å². The predicted octanol–water partition coefficient (Wildman–Crippen LogP) is 2.19. The molecule has 0 bridgehead atoms. The second kappa shape index (κ2) is 6.59. The molecule has 0 saturated heterocycles. The van der Waals surface area contributed by atoms with Gasteiger partial charge in [-0.25, -0.2) is 8.42 Å². The van der Waals surface area contributed by atoms with E-state index in [2.05, 4.69) is 4.90 Å². The maximum absolute atomic E-state index is 11.8. The standard InChI is InChI=1S/C15H24N2O2S/c1-2-20(18,19)15-9-7-14(8-10-15)17(12-4-11-16)13-5-3-6-13/h7-10,13H,2-6,11-12,16H2,1H3. The second-order valence-corrected chi connectivity index (χ2v) is 7.60. The van der Waals surface area contributed by atoms with Crippen molar-refractivity contribution in [3.63, 3.8) is 0 Å². The molecule has 0 radical (unpaired) electrons. The Labute approximate surface area is 121 Å². The number of nitrogens with two attached hydrogens (primary N) is 1. The molecular weight excluding hydrogens is 272 g/mol. The Kier molecular flexibility index (Phi) is 5.05. The van der Waals surface area contributed by atoms with Crippen LogP contribution in [-0.4, -0.2) is 33.3 Å². The molecule has 1 aliphatic rings. The zero-order valence-corrected chi connectivity index (χ0v) is 12.9. The van der Waals surface area contributed by atoms with E-state index in [-0.39, 0.29) is 5.75 Å². The zero-order valence-electron chi connectivity index (χ0n) is 12.1. The lowest BCUT2D eigenvalue weighted by Crippen LogP contribution is -2.41. The highest BCUT2D eigenvalue weighted by molar-refractivity contribution is 7.91. The topological polar surface area (TPSA) is 63.4 Å². The molecule has 0 aromatic heterocycles. The van der Waals surface area contributed by atoms with E-state index in [0.29, 0.717) is 17.5 Å². The zero-order chi connectivity index (χ0) is 14.6. The van der Waals surface area contributed by atoms with E-state index in [1.165, 1.54) is 19.3 Å². The molecule has 1 aromatic rings. The molecule has 4 nitrogen and oxygen atoms in total. The van der Waals surface area contributed by atoms with Gasteiger partial charge >= 0.3 is 0 Å². The minimum atomic E-state index is -3.11. The van der Waals surface area contributed by atoms with E-state index < -0.39 is 9.84 Å². The minimum Gasteiger partial charge on any atom is -0.369 e. The average Bonchev–Trinajstić information content (AvgIpc) is 2.41. The molecule has 1 aliphatic carbocycles. The van der Waals surface area contributed by atoms with Gasteiger partial charge in [0, 0.05) is 18.3 Å². The minimum absolute atomic E-state index is 0.145. The molecule has 2 rings (SSSR count). The van der Waals surface area contributed by atoms with Crippen LogP contribution in [0.4, 0.5) is 5.69 Å². The van der Waals surface area contributed by atoms with Gasteiger partial charge in [-0.1, -0.05) is 6.92 Å². The molecule has 0 heterocycles. The van der Waals surface area contributed by atoms with Gasteiger partial charge in [0.1, 0.15) is 0 Å². The van der Waals surface area contributed by atoms with Crippen molar-refractivity contribution in [3.05, 3.63) is 24.3 Å². The van der Waals surface area contributed by atoms with Crippen molar-refractivity contribution in [2.24, 2.45) is 5.73 Å². The molecule has 5 heteroatoms. The molecular formula is C15H24N2O2S. The molecule has 0 spiro atoms. The Balaban J connectivity index is 2.17. The highest BCUT2D eigenvalue weighted by Gasteiger charge is 2.25. The Morgan fingerprint density at radius 1 is 1.25 bits per heavy atom. The average molecular weight is 296 g/mol. The SMILES string of the molecule is CCS(=O)(=O)c1ccc(N(CCCN)C2CCC2)cc1. The normalized spacial score (nSPS) is 15.9. The maximum Gasteiger partial charge on any atom is 0.178 e. The molecule has 0 atom stereocenters. The van der Waals surface area contributed by atoms with Crippen molar-refractivity contribution in [3.8, 4) is 0 Å². The fourth-order valence-corrected chi connectivity index (χ4v) is 3.38. The van der Waals surface area contributed by atoms with E-state index in [1.54, 1.807) is 19.1 Å². The first-order valence-electron chi connectivity index (χ1n) is 7.38. The number of nitrogens with zero attached hydrogens (tertiary/aromatic N) is 1. The fraction of sp³-hybridized carbons (Fsp3) is 0.600. The maximum atomic E-state index is 11.8. The first kappa shape index (κ1) is 15.3. The Morgan fingerprint density at radius 2 is 1.90 bits per heavy atom. The van der Waals surface area contributed by atoms with Gasteiger partial charge in [-0.2, -0.15) is 0 Å². The number of hydrogen-bond donors (Lipinski definition) is 1. The Hall–Kier alpha value is -1.07. The smallest absolute Gasteiger partial charge is 0.178 e. The molecule has 1 fully saturated rings. The molecule has 112 valence electrons. The molecule has 1 saturated carbocycles. The van der Waals surface area contributed by atoms with Gasteiger partial charge in [-0.3, -0.25) is 0 Å². The van der Waals surface area contributed by atoms with Crippen LogP contribution in [0.2, 0.25) is 0 Å². The summed E-state index contributed by atoms with van der Waals surface area (Å²) in [4.78, 5) is 2.79. The summed E-state index contributed by atoms with van der Waals surface area (Å²) >= 11 is 0. The van der Waals surface area contributed by atoms with Gasteiger partial charge in [-0.05, 0) is 56.5 Å². The van der Waals surface area contributed by atoms with Crippen LogP contribution in [0.15, 0.2) is 29.2 Å². The number of anilines is 1. The van der Waals surface area contributed by atoms with Crippen molar-refractivity contribution >= 4 is 15.5 Å². The summed E-state index contributed by atoms with van der Waals surface area (Å²) in [6, 6.07) is 7.90. The highest BCUT2D eigenvalue weighted by atomic mass is 32.2. The van der Waals surface area contributed by atoms with Crippen LogP contribution in [0, 0.1) is 0 Å². The van der Waals surface area contributed by atoms with E-state index in [4.69, 9.17) is 5.73 Å². The summed E-state index contributed by atoms with van der Waals surface area (Å²) in [5.74, 6) is 0.145. The third-order valence-corrected chi connectivity index (χ3v) is 5.78. The van der Waals surface area contributed by atoms with E-state index in [0.717, 1.165) is 18.7 Å². The van der Waals surface area contributed by atoms with Gasteiger partial charge < -0.3 is 10.6 Å². The van der Waals surface area contributed by atoms with Crippen LogP contribution in [0.25, 0.3) is 0 Å². The van der Waals surface area contributed by atoms with Gasteiger partial charge in [0.05, 0.1) is 10.6 Å². The largest absolute Gasteiger partial charge is 0.369 e. The number of hydrogen-bond acceptors (Lipinski definition) is 4. The third-order valence-electron chi connectivity index (χ3n) is 4.03. The first-order chi connectivity index (χ1) is 9.58. The molecule has 1 aromatic carbocycles. The summed E-state index contributed by atoms with van der Waals surface area (Å²) in [5.41, 5.74) is 6.72.